The molecule has 0 radical (unpaired) electrons. The van der Waals surface area contributed by atoms with Gasteiger partial charge in [0.05, 0.1) is 16.7 Å². The van der Waals surface area contributed by atoms with Crippen molar-refractivity contribution in [3.63, 3.8) is 0 Å². The molecule has 2 aromatic carbocycles. The Morgan fingerprint density at radius 1 is 1.13 bits per heavy atom. The van der Waals surface area contributed by atoms with Crippen LogP contribution in [0.3, 0.4) is 0 Å². The summed E-state index contributed by atoms with van der Waals surface area (Å²) in [6.45, 7) is 1.99. The summed E-state index contributed by atoms with van der Waals surface area (Å²) in [6.07, 6.45) is 3.60. The van der Waals surface area contributed by atoms with Gasteiger partial charge in [0.15, 0.2) is 0 Å². The third kappa shape index (κ3) is 4.46. The van der Waals surface area contributed by atoms with Crippen molar-refractivity contribution < 1.29 is 9.72 Å². The Hall–Kier alpha value is -3.74. The predicted octanol–water partition coefficient (Wildman–Crippen LogP) is 4.39. The molecule has 1 atom stereocenters. The highest BCUT2D eigenvalue weighted by molar-refractivity contribution is 5.96. The number of rotatable bonds is 7. The number of nitrogens with one attached hydrogen (secondary N) is 2. The first-order valence-electron chi connectivity index (χ1n) is 9.84. The Morgan fingerprint density at radius 3 is 2.63 bits per heavy atom. The Balaban J connectivity index is 1.69. The first kappa shape index (κ1) is 19.6. The molecule has 152 valence electrons. The second kappa shape index (κ2) is 8.32. The van der Waals surface area contributed by atoms with Gasteiger partial charge < -0.3 is 10.6 Å². The van der Waals surface area contributed by atoms with Crippen LogP contribution in [0.1, 0.15) is 46.1 Å². The van der Waals surface area contributed by atoms with Gasteiger partial charge in [0.25, 0.3) is 11.6 Å². The van der Waals surface area contributed by atoms with Crippen LogP contribution < -0.4 is 10.6 Å². The monoisotopic (exact) mass is 402 g/mol. The summed E-state index contributed by atoms with van der Waals surface area (Å²) in [4.78, 5) is 28.1. The lowest BCUT2D eigenvalue weighted by atomic mass is 10.00. The molecule has 1 amide bonds. The molecule has 3 aromatic rings. The Labute approximate surface area is 174 Å². The third-order valence-electron chi connectivity index (χ3n) is 5.03. The molecule has 0 spiro atoms. The lowest BCUT2D eigenvalue weighted by Crippen LogP contribution is -2.25. The van der Waals surface area contributed by atoms with Gasteiger partial charge in [-0.3, -0.25) is 19.9 Å². The van der Waals surface area contributed by atoms with Crippen molar-refractivity contribution in [3.05, 3.63) is 99.4 Å². The van der Waals surface area contributed by atoms with Crippen LogP contribution in [-0.2, 0) is 0 Å². The number of nitrogens with zero attached hydrogens (tertiary/aromatic N) is 2. The Kier molecular flexibility index (Phi) is 5.43. The van der Waals surface area contributed by atoms with E-state index in [1.165, 1.54) is 6.07 Å². The molecule has 30 heavy (non-hydrogen) atoms. The van der Waals surface area contributed by atoms with E-state index >= 15 is 0 Å². The largest absolute Gasteiger partial charge is 0.367 e. The maximum Gasteiger partial charge on any atom is 0.293 e. The summed E-state index contributed by atoms with van der Waals surface area (Å²) in [5.74, 6) is -0.285. The number of carbonyl (C=O) groups is 1. The van der Waals surface area contributed by atoms with Crippen LogP contribution in [0.2, 0.25) is 0 Å². The van der Waals surface area contributed by atoms with Crippen molar-refractivity contribution in [2.24, 2.45) is 0 Å². The number of hydrogen-bond acceptors (Lipinski definition) is 5. The fraction of sp³-hybridized carbons (Fsp3) is 0.217. The highest BCUT2D eigenvalue weighted by Gasteiger charge is 2.26. The molecule has 0 aliphatic heterocycles. The van der Waals surface area contributed by atoms with Crippen LogP contribution in [-0.4, -0.2) is 21.9 Å². The first-order chi connectivity index (χ1) is 14.5. The van der Waals surface area contributed by atoms with Crippen LogP contribution in [0.5, 0.6) is 0 Å². The van der Waals surface area contributed by atoms with Crippen molar-refractivity contribution in [3.8, 4) is 0 Å². The predicted molar refractivity (Wildman–Crippen MR) is 114 cm³/mol. The lowest BCUT2D eigenvalue weighted by Gasteiger charge is -2.20. The van der Waals surface area contributed by atoms with Crippen LogP contribution in [0.15, 0.2) is 66.9 Å². The maximum absolute atomic E-state index is 12.3. The second-order valence-electron chi connectivity index (χ2n) is 7.48. The van der Waals surface area contributed by atoms with Crippen molar-refractivity contribution >= 4 is 17.3 Å². The first-order valence-corrected chi connectivity index (χ1v) is 9.84. The molecule has 0 bridgehead atoms. The van der Waals surface area contributed by atoms with E-state index in [9.17, 15) is 14.9 Å². The number of aryl methyl sites for hydroxylation is 1. The number of pyridine rings is 1. The SMILES string of the molecule is Cc1cccc(C(Nc2ccc(C(=O)NC3CC3)cc2[N+](=O)[O-])c2ccccn2)c1. The van der Waals surface area contributed by atoms with Gasteiger partial charge >= 0.3 is 0 Å². The minimum Gasteiger partial charge on any atom is -0.367 e. The topological polar surface area (TPSA) is 97.2 Å². The average Bonchev–Trinajstić information content (AvgIpc) is 3.56. The van der Waals surface area contributed by atoms with Gasteiger partial charge in [0.1, 0.15) is 5.69 Å². The highest BCUT2D eigenvalue weighted by atomic mass is 16.6. The molecule has 1 heterocycles. The normalized spacial score (nSPS) is 14.0. The molecule has 1 fully saturated rings. The molecule has 1 aromatic heterocycles. The zero-order valence-corrected chi connectivity index (χ0v) is 16.5. The molecule has 1 unspecified atom stereocenters. The fourth-order valence-corrected chi connectivity index (χ4v) is 3.32. The minimum atomic E-state index is -0.470. The molecule has 1 saturated carbocycles. The average molecular weight is 402 g/mol. The third-order valence-corrected chi connectivity index (χ3v) is 5.03. The molecule has 1 aliphatic carbocycles. The van der Waals surface area contributed by atoms with Gasteiger partial charge in [-0.05, 0) is 49.6 Å². The Bertz CT molecular complexity index is 1080. The highest BCUT2D eigenvalue weighted by Crippen LogP contribution is 2.32. The van der Waals surface area contributed by atoms with Crippen molar-refractivity contribution in [2.75, 3.05) is 5.32 Å². The quantitative estimate of drug-likeness (QED) is 0.451. The summed E-state index contributed by atoms with van der Waals surface area (Å²) >= 11 is 0. The van der Waals surface area contributed by atoms with Gasteiger partial charge in [-0.25, -0.2) is 0 Å². The minimum absolute atomic E-state index is 0.146. The molecule has 1 aliphatic rings. The van der Waals surface area contributed by atoms with Crippen molar-refractivity contribution in [2.45, 2.75) is 31.8 Å². The molecular formula is C23H22N4O3. The van der Waals surface area contributed by atoms with Crippen molar-refractivity contribution in [1.29, 1.82) is 0 Å². The molecule has 7 heteroatoms. The number of carbonyl (C=O) groups excluding carboxylic acids is 1. The van der Waals surface area contributed by atoms with Gasteiger partial charge in [0, 0.05) is 23.9 Å². The van der Waals surface area contributed by atoms with Gasteiger partial charge in [0.2, 0.25) is 0 Å². The summed E-state index contributed by atoms with van der Waals surface area (Å²) in [7, 11) is 0. The lowest BCUT2D eigenvalue weighted by molar-refractivity contribution is -0.384. The number of amides is 1. The smallest absolute Gasteiger partial charge is 0.293 e. The number of nitro groups is 1. The van der Waals surface area contributed by atoms with Crippen molar-refractivity contribution in [1.82, 2.24) is 10.3 Å². The molecule has 0 saturated heterocycles. The van der Waals surface area contributed by atoms with E-state index in [4.69, 9.17) is 0 Å². The van der Waals surface area contributed by atoms with E-state index in [1.54, 1.807) is 18.3 Å². The zero-order valence-electron chi connectivity index (χ0n) is 16.5. The van der Waals surface area contributed by atoms with Crippen LogP contribution in [0, 0.1) is 17.0 Å². The fourth-order valence-electron chi connectivity index (χ4n) is 3.32. The Morgan fingerprint density at radius 2 is 1.97 bits per heavy atom. The molecule has 4 rings (SSSR count). The van der Waals surface area contributed by atoms with Gasteiger partial charge in [-0.15, -0.1) is 0 Å². The molecular weight excluding hydrogens is 380 g/mol. The maximum atomic E-state index is 12.3. The van der Waals surface area contributed by atoms with E-state index in [0.29, 0.717) is 5.69 Å². The second-order valence-corrected chi connectivity index (χ2v) is 7.48. The van der Waals surface area contributed by atoms with Crippen LogP contribution in [0.25, 0.3) is 0 Å². The summed E-state index contributed by atoms with van der Waals surface area (Å²) in [5, 5.41) is 17.9. The van der Waals surface area contributed by atoms with E-state index < -0.39 is 4.92 Å². The van der Waals surface area contributed by atoms with E-state index in [1.807, 2.05) is 49.4 Å². The van der Waals surface area contributed by atoms with E-state index in [2.05, 4.69) is 15.6 Å². The van der Waals surface area contributed by atoms with Gasteiger partial charge in [-0.2, -0.15) is 0 Å². The summed E-state index contributed by atoms with van der Waals surface area (Å²) in [5.41, 5.74) is 3.24. The molecule has 7 nitrogen and oxygen atoms in total. The summed E-state index contributed by atoms with van der Waals surface area (Å²) in [6, 6.07) is 17.8. The van der Waals surface area contributed by atoms with Crippen LogP contribution >= 0.6 is 0 Å². The number of aromatic nitrogens is 1. The van der Waals surface area contributed by atoms with Gasteiger partial charge in [-0.1, -0.05) is 35.9 Å². The standard InChI is InChI=1S/C23H22N4O3/c1-15-5-4-6-16(13-15)22(20-7-2-3-12-24-20)26-19-11-8-17(14-21(19)27(29)30)23(28)25-18-9-10-18/h2-8,11-14,18,22,26H,9-10H2,1H3,(H,25,28). The zero-order chi connectivity index (χ0) is 21.1. The number of nitro benzene ring substituents is 1. The van der Waals surface area contributed by atoms with Crippen LogP contribution in [0.4, 0.5) is 11.4 Å². The molecule has 2 N–H and O–H groups in total. The number of hydrogen-bond donors (Lipinski definition) is 2. The number of anilines is 1. The number of benzene rings is 2. The van der Waals surface area contributed by atoms with E-state index in [0.717, 1.165) is 29.7 Å². The summed E-state index contributed by atoms with van der Waals surface area (Å²) < 4.78 is 0. The van der Waals surface area contributed by atoms with E-state index in [-0.39, 0.29) is 29.2 Å².